The van der Waals surface area contributed by atoms with Gasteiger partial charge in [-0.3, -0.25) is 0 Å². The molecule has 0 aliphatic heterocycles. The molecule has 0 heterocycles. The van der Waals surface area contributed by atoms with Crippen molar-refractivity contribution in [2.45, 2.75) is 6.92 Å². The van der Waals surface area contributed by atoms with E-state index in [1.807, 2.05) is 43.3 Å². The lowest BCUT2D eigenvalue weighted by Crippen LogP contribution is -1.99. The fourth-order valence-corrected chi connectivity index (χ4v) is 2.06. The number of allylic oxidation sites excluding steroid dienone is 2. The van der Waals surface area contributed by atoms with E-state index in [1.165, 1.54) is 0 Å². The molecule has 0 amide bonds. The minimum Gasteiger partial charge on any atom is -0.497 e. The van der Waals surface area contributed by atoms with Crippen LogP contribution in [0.25, 0.3) is 5.57 Å². The van der Waals surface area contributed by atoms with Gasteiger partial charge in [0.05, 0.1) is 12.7 Å². The lowest BCUT2D eigenvalue weighted by atomic mass is 10.1. The van der Waals surface area contributed by atoms with Gasteiger partial charge in [-0.25, -0.2) is 0 Å². The molecule has 106 valence electrons. The van der Waals surface area contributed by atoms with Crippen LogP contribution < -0.4 is 10.1 Å². The molecule has 2 rings (SSSR count). The van der Waals surface area contributed by atoms with E-state index in [1.54, 1.807) is 19.2 Å². The van der Waals surface area contributed by atoms with Gasteiger partial charge in [-0.05, 0) is 61.0 Å². The monoisotopic (exact) mass is 298 g/mol. The van der Waals surface area contributed by atoms with Gasteiger partial charge in [0.1, 0.15) is 11.8 Å². The number of hydrogen-bond acceptors (Lipinski definition) is 3. The molecule has 0 aliphatic rings. The Morgan fingerprint density at radius 2 is 1.71 bits per heavy atom. The van der Waals surface area contributed by atoms with Gasteiger partial charge >= 0.3 is 0 Å². The van der Waals surface area contributed by atoms with Crippen LogP contribution in [-0.4, -0.2) is 7.11 Å². The average molecular weight is 299 g/mol. The normalized spacial score (nSPS) is 11.3. The number of anilines is 1. The average Bonchev–Trinajstić information content (AvgIpc) is 2.51. The van der Waals surface area contributed by atoms with Crippen molar-refractivity contribution in [3.05, 3.63) is 64.8 Å². The van der Waals surface area contributed by atoms with Crippen LogP contribution >= 0.6 is 11.6 Å². The lowest BCUT2D eigenvalue weighted by molar-refractivity contribution is 0.415. The molecule has 3 nitrogen and oxygen atoms in total. The van der Waals surface area contributed by atoms with E-state index >= 15 is 0 Å². The van der Waals surface area contributed by atoms with E-state index in [4.69, 9.17) is 16.3 Å². The Labute approximate surface area is 129 Å². The van der Waals surface area contributed by atoms with E-state index in [0.29, 0.717) is 10.6 Å². The van der Waals surface area contributed by atoms with Gasteiger partial charge in [0.15, 0.2) is 0 Å². The van der Waals surface area contributed by atoms with Gasteiger partial charge < -0.3 is 10.1 Å². The second-order valence-electron chi connectivity index (χ2n) is 4.47. The fraction of sp³-hybridized carbons (Fsp3) is 0.118. The van der Waals surface area contributed by atoms with E-state index in [9.17, 15) is 5.26 Å². The summed E-state index contributed by atoms with van der Waals surface area (Å²) in [6.07, 6.45) is 0. The zero-order valence-electron chi connectivity index (χ0n) is 11.9. The molecule has 0 saturated carbocycles. The van der Waals surface area contributed by atoms with Crippen LogP contribution in [0.4, 0.5) is 5.69 Å². The summed E-state index contributed by atoms with van der Waals surface area (Å²) < 4.78 is 5.12. The standard InChI is InChI=1S/C17H15ClN2O/c1-12(20-15-7-5-14(18)6-8-15)17(11-19)13-3-9-16(21-2)10-4-13/h3-10,20H,1-2H3. The lowest BCUT2D eigenvalue weighted by Gasteiger charge is -2.10. The number of nitrogens with one attached hydrogen (secondary N) is 1. The number of benzene rings is 2. The van der Waals surface area contributed by atoms with E-state index in [-0.39, 0.29) is 0 Å². The summed E-state index contributed by atoms with van der Waals surface area (Å²) in [6, 6.07) is 17.0. The third kappa shape index (κ3) is 3.77. The van der Waals surface area contributed by atoms with Gasteiger partial charge in [-0.2, -0.15) is 5.26 Å². The number of ether oxygens (including phenoxy) is 1. The molecule has 0 spiro atoms. The van der Waals surface area contributed by atoms with Crippen LogP contribution in [0.2, 0.25) is 5.02 Å². The molecule has 0 aromatic heterocycles. The summed E-state index contributed by atoms with van der Waals surface area (Å²) in [7, 11) is 1.61. The molecule has 0 unspecified atom stereocenters. The van der Waals surface area contributed by atoms with Crippen molar-refractivity contribution in [1.29, 1.82) is 5.26 Å². The van der Waals surface area contributed by atoms with Crippen LogP contribution in [0.3, 0.4) is 0 Å². The summed E-state index contributed by atoms with van der Waals surface area (Å²) in [5.74, 6) is 0.763. The van der Waals surface area contributed by atoms with Crippen molar-refractivity contribution in [3.63, 3.8) is 0 Å². The first-order valence-electron chi connectivity index (χ1n) is 6.42. The van der Waals surface area contributed by atoms with Crippen molar-refractivity contribution in [1.82, 2.24) is 0 Å². The number of nitriles is 1. The SMILES string of the molecule is COc1ccc(C(C#N)=C(C)Nc2ccc(Cl)cc2)cc1. The Bertz CT molecular complexity index is 682. The maximum atomic E-state index is 9.40. The third-order valence-corrected chi connectivity index (χ3v) is 3.29. The van der Waals surface area contributed by atoms with Crippen molar-refractivity contribution in [2.24, 2.45) is 0 Å². The first kappa shape index (κ1) is 15.0. The number of nitrogens with zero attached hydrogens (tertiary/aromatic N) is 1. The number of hydrogen-bond donors (Lipinski definition) is 1. The second kappa shape index (κ2) is 6.83. The summed E-state index contributed by atoms with van der Waals surface area (Å²) in [6.45, 7) is 1.87. The van der Waals surface area contributed by atoms with Crippen LogP contribution in [-0.2, 0) is 0 Å². The molecule has 2 aromatic rings. The van der Waals surface area contributed by atoms with Gasteiger partial charge in [-0.1, -0.05) is 11.6 Å². The Hall–Kier alpha value is -2.44. The summed E-state index contributed by atoms with van der Waals surface area (Å²) in [5.41, 5.74) is 3.10. The summed E-state index contributed by atoms with van der Waals surface area (Å²) in [5, 5.41) is 13.3. The van der Waals surface area contributed by atoms with E-state index < -0.39 is 0 Å². The van der Waals surface area contributed by atoms with Crippen LogP contribution in [0, 0.1) is 11.3 Å². The maximum absolute atomic E-state index is 9.40. The molecule has 0 atom stereocenters. The molecule has 0 fully saturated rings. The van der Waals surface area contributed by atoms with Crippen molar-refractivity contribution in [3.8, 4) is 11.8 Å². The molecule has 0 radical (unpaired) electrons. The van der Waals surface area contributed by atoms with Crippen molar-refractivity contribution in [2.75, 3.05) is 12.4 Å². The van der Waals surface area contributed by atoms with Gasteiger partial charge in [0.2, 0.25) is 0 Å². The summed E-state index contributed by atoms with van der Waals surface area (Å²) >= 11 is 5.86. The highest BCUT2D eigenvalue weighted by molar-refractivity contribution is 6.30. The molecular weight excluding hydrogens is 284 g/mol. The smallest absolute Gasteiger partial charge is 0.118 e. The molecule has 0 bridgehead atoms. The molecule has 21 heavy (non-hydrogen) atoms. The Morgan fingerprint density at radius 1 is 1.10 bits per heavy atom. The highest BCUT2D eigenvalue weighted by Gasteiger charge is 2.06. The predicted molar refractivity (Wildman–Crippen MR) is 86.3 cm³/mol. The molecule has 4 heteroatoms. The minimum absolute atomic E-state index is 0.590. The van der Waals surface area contributed by atoms with E-state index in [2.05, 4.69) is 11.4 Å². The van der Waals surface area contributed by atoms with E-state index in [0.717, 1.165) is 22.7 Å². The second-order valence-corrected chi connectivity index (χ2v) is 4.91. The Balaban J connectivity index is 2.28. The highest BCUT2D eigenvalue weighted by atomic mass is 35.5. The molecule has 0 saturated heterocycles. The fourth-order valence-electron chi connectivity index (χ4n) is 1.93. The minimum atomic E-state index is 0.590. The maximum Gasteiger partial charge on any atom is 0.118 e. The highest BCUT2D eigenvalue weighted by Crippen LogP contribution is 2.23. The molecule has 1 N–H and O–H groups in total. The van der Waals surface area contributed by atoms with Gasteiger partial charge in [-0.15, -0.1) is 0 Å². The quantitative estimate of drug-likeness (QED) is 0.831. The first-order valence-corrected chi connectivity index (χ1v) is 6.80. The largest absolute Gasteiger partial charge is 0.497 e. The van der Waals surface area contributed by atoms with Crippen LogP contribution in [0.5, 0.6) is 5.75 Å². The van der Waals surface area contributed by atoms with Crippen LogP contribution in [0.15, 0.2) is 54.2 Å². The Morgan fingerprint density at radius 3 is 2.24 bits per heavy atom. The van der Waals surface area contributed by atoms with Gasteiger partial charge in [0, 0.05) is 16.4 Å². The number of methoxy groups -OCH3 is 1. The van der Waals surface area contributed by atoms with Crippen molar-refractivity contribution < 1.29 is 4.74 Å². The Kier molecular flexibility index (Phi) is 4.86. The predicted octanol–water partition coefficient (Wildman–Crippen LogP) is 4.72. The zero-order chi connectivity index (χ0) is 15.2. The van der Waals surface area contributed by atoms with Crippen LogP contribution in [0.1, 0.15) is 12.5 Å². The topological polar surface area (TPSA) is 45.0 Å². The van der Waals surface area contributed by atoms with Gasteiger partial charge in [0.25, 0.3) is 0 Å². The summed E-state index contributed by atoms with van der Waals surface area (Å²) in [4.78, 5) is 0. The molecular formula is C17H15ClN2O. The van der Waals surface area contributed by atoms with Crippen molar-refractivity contribution >= 4 is 22.9 Å². The number of halogens is 1. The number of rotatable bonds is 4. The first-order chi connectivity index (χ1) is 10.1. The third-order valence-electron chi connectivity index (χ3n) is 3.04. The molecule has 2 aromatic carbocycles. The molecule has 0 aliphatic carbocycles. The zero-order valence-corrected chi connectivity index (χ0v) is 12.6.